The molecule has 1 unspecified atom stereocenters. The molecule has 5 N–H and O–H groups in total. The van der Waals surface area contributed by atoms with Crippen molar-refractivity contribution in [3.05, 3.63) is 0 Å². The van der Waals surface area contributed by atoms with E-state index in [4.69, 9.17) is 23.6 Å². The number of hydrogen-bond acceptors (Lipinski definition) is 11. The highest BCUT2D eigenvalue weighted by molar-refractivity contribution is 7.47. The zero-order valence-electron chi connectivity index (χ0n) is 36.3. The van der Waals surface area contributed by atoms with Crippen LogP contribution < -0.4 is 0 Å². The third kappa shape index (κ3) is 37.6. The number of carbonyl (C=O) groups is 2. The van der Waals surface area contributed by atoms with Gasteiger partial charge in [-0.25, -0.2) is 4.57 Å². The van der Waals surface area contributed by atoms with Crippen molar-refractivity contribution in [1.82, 2.24) is 0 Å². The van der Waals surface area contributed by atoms with Gasteiger partial charge in [-0.15, -0.1) is 0 Å². The normalized spacial score (nSPS) is 14.9. The zero-order chi connectivity index (χ0) is 42.2. The van der Waals surface area contributed by atoms with E-state index >= 15 is 0 Å². The molecule has 0 bridgehead atoms. The number of hydrogen-bond donors (Lipinski definition) is 5. The van der Waals surface area contributed by atoms with Gasteiger partial charge in [0.25, 0.3) is 0 Å². The van der Waals surface area contributed by atoms with Crippen LogP contribution in [0.5, 0.6) is 0 Å². The maximum atomic E-state index is 12.7. The van der Waals surface area contributed by atoms with Gasteiger partial charge in [-0.2, -0.15) is 0 Å². The van der Waals surface area contributed by atoms with Crippen molar-refractivity contribution in [2.24, 2.45) is 0 Å². The van der Waals surface area contributed by atoms with E-state index in [0.717, 1.165) is 38.5 Å². The molecule has 340 valence electrons. The molecule has 0 rings (SSSR count). The number of esters is 2. The van der Waals surface area contributed by atoms with Crippen LogP contribution in [0.3, 0.4) is 0 Å². The van der Waals surface area contributed by atoms with E-state index in [9.17, 15) is 34.4 Å². The van der Waals surface area contributed by atoms with Crippen LogP contribution in [0.15, 0.2) is 0 Å². The van der Waals surface area contributed by atoms with Gasteiger partial charge in [0.05, 0.1) is 19.8 Å². The molecule has 0 aliphatic heterocycles. The fraction of sp³-hybridized carbons (Fsp3) is 0.955. The molecule has 0 aliphatic carbocycles. The van der Waals surface area contributed by atoms with Crippen LogP contribution in [-0.2, 0) is 32.7 Å². The fourth-order valence-electron chi connectivity index (χ4n) is 6.75. The summed E-state index contributed by atoms with van der Waals surface area (Å²) in [5.41, 5.74) is 0. The molecule has 0 saturated carbocycles. The van der Waals surface area contributed by atoms with Gasteiger partial charge in [0, 0.05) is 12.8 Å². The Balaban J connectivity index is 4.47. The molecule has 12 nitrogen and oxygen atoms in total. The molecule has 57 heavy (non-hydrogen) atoms. The van der Waals surface area contributed by atoms with Gasteiger partial charge in [-0.1, -0.05) is 194 Å². The second kappa shape index (κ2) is 40.3. The van der Waals surface area contributed by atoms with Crippen molar-refractivity contribution >= 4 is 19.8 Å². The lowest BCUT2D eigenvalue weighted by Crippen LogP contribution is -2.41. The van der Waals surface area contributed by atoms with Crippen molar-refractivity contribution < 1.29 is 58.0 Å². The van der Waals surface area contributed by atoms with Gasteiger partial charge in [-0.05, 0) is 12.8 Å². The van der Waals surface area contributed by atoms with Gasteiger partial charge in [0.1, 0.15) is 24.9 Å². The molecule has 0 heterocycles. The van der Waals surface area contributed by atoms with Gasteiger partial charge in [0.2, 0.25) is 0 Å². The second-order valence-corrected chi connectivity index (χ2v) is 17.5. The monoisotopic (exact) mass is 839 g/mol. The maximum absolute atomic E-state index is 12.7. The lowest BCUT2D eigenvalue weighted by Gasteiger charge is -2.23. The summed E-state index contributed by atoms with van der Waals surface area (Å²) in [6, 6.07) is 0. The number of phosphoric ester groups is 1. The van der Waals surface area contributed by atoms with Crippen LogP contribution in [0.4, 0.5) is 0 Å². The van der Waals surface area contributed by atoms with Crippen molar-refractivity contribution in [2.45, 2.75) is 244 Å². The molecule has 0 aliphatic rings. The van der Waals surface area contributed by atoms with E-state index in [-0.39, 0.29) is 19.4 Å². The van der Waals surface area contributed by atoms with Crippen LogP contribution >= 0.6 is 7.82 Å². The summed E-state index contributed by atoms with van der Waals surface area (Å²) in [5, 5.41) is 38.1. The van der Waals surface area contributed by atoms with Crippen LogP contribution in [0.2, 0.25) is 0 Å². The molecule has 0 amide bonds. The van der Waals surface area contributed by atoms with Crippen LogP contribution in [0.25, 0.3) is 0 Å². The molecule has 0 aromatic heterocycles. The number of aliphatic hydroxyl groups is 4. The number of aliphatic hydroxyl groups excluding tert-OH is 4. The van der Waals surface area contributed by atoms with E-state index in [1.807, 2.05) is 0 Å². The summed E-state index contributed by atoms with van der Waals surface area (Å²) in [7, 11) is -4.82. The maximum Gasteiger partial charge on any atom is 0.472 e. The first kappa shape index (κ1) is 55.9. The zero-order valence-corrected chi connectivity index (χ0v) is 37.2. The Bertz CT molecular complexity index is 954. The number of ether oxygens (including phenoxy) is 2. The number of rotatable bonds is 44. The lowest BCUT2D eigenvalue weighted by atomic mass is 10.0. The number of carbonyl (C=O) groups excluding carboxylic acids is 2. The molecule has 0 radical (unpaired) electrons. The largest absolute Gasteiger partial charge is 0.472 e. The number of unbranched alkanes of at least 4 members (excludes halogenated alkanes) is 28. The summed E-state index contributed by atoms with van der Waals surface area (Å²) in [4.78, 5) is 35.3. The lowest BCUT2D eigenvalue weighted by molar-refractivity contribution is -0.161. The average Bonchev–Trinajstić information content (AvgIpc) is 3.20. The molecular formula is C44H87O12P. The Kier molecular flexibility index (Phi) is 39.5. The van der Waals surface area contributed by atoms with Crippen molar-refractivity contribution in [3.63, 3.8) is 0 Å². The van der Waals surface area contributed by atoms with E-state index in [2.05, 4.69) is 13.8 Å². The van der Waals surface area contributed by atoms with Crippen molar-refractivity contribution in [2.75, 3.05) is 26.4 Å². The summed E-state index contributed by atoms with van der Waals surface area (Å²) in [6.45, 7) is 1.78. The minimum atomic E-state index is -4.82. The average molecular weight is 839 g/mol. The molecule has 13 heteroatoms. The van der Waals surface area contributed by atoms with Crippen LogP contribution in [0.1, 0.15) is 219 Å². The third-order valence-corrected chi connectivity index (χ3v) is 11.5. The predicted molar refractivity (Wildman–Crippen MR) is 227 cm³/mol. The first-order valence-corrected chi connectivity index (χ1v) is 24.7. The first-order valence-electron chi connectivity index (χ1n) is 23.2. The quantitative estimate of drug-likeness (QED) is 0.0222. The van der Waals surface area contributed by atoms with Crippen LogP contribution in [-0.4, -0.2) is 88.1 Å². The summed E-state index contributed by atoms with van der Waals surface area (Å²) in [6.07, 6.45) is 30.2. The molecule has 5 atom stereocenters. The van der Waals surface area contributed by atoms with Gasteiger partial charge < -0.3 is 34.8 Å². The Hall–Kier alpha value is -1.11. The minimum Gasteiger partial charge on any atom is -0.462 e. The standard InChI is InChI=1S/C44H87O12P/c1-3-5-7-9-11-13-15-17-19-21-23-25-27-29-31-33-42(48)53-36-39(37-54-57(51,52)55-38-41(47)44(50)40(46)35-45)56-43(49)34-32-30-28-26-24-22-20-18-16-14-12-10-8-6-4-2/h39-41,44-47,50H,3-38H2,1-2H3,(H,51,52)/t39-,40-,41-,44+/m1/s1. The highest BCUT2D eigenvalue weighted by atomic mass is 31.2. The van der Waals surface area contributed by atoms with Crippen molar-refractivity contribution in [3.8, 4) is 0 Å². The predicted octanol–water partition coefficient (Wildman–Crippen LogP) is 10.2. The SMILES string of the molecule is CCCCCCCCCCCCCCCCCC(=O)OC[C@H](COP(=O)(O)OC[C@@H](O)[C@@H](O)[C@H](O)CO)OC(=O)CCCCCCCCCCCCCCCCC. The van der Waals surface area contributed by atoms with E-state index in [1.54, 1.807) is 0 Å². The molecule has 0 aromatic rings. The molecule has 0 aromatic carbocycles. The number of phosphoric acid groups is 1. The molecule has 0 spiro atoms. The smallest absolute Gasteiger partial charge is 0.462 e. The van der Waals surface area contributed by atoms with E-state index < -0.39 is 64.0 Å². The van der Waals surface area contributed by atoms with E-state index in [1.165, 1.54) is 141 Å². The Labute approximate surface area is 347 Å². The summed E-state index contributed by atoms with van der Waals surface area (Å²) in [5.74, 6) is -1.00. The van der Waals surface area contributed by atoms with Gasteiger partial charge in [-0.3, -0.25) is 18.6 Å². The third-order valence-electron chi connectivity index (χ3n) is 10.5. The topological polar surface area (TPSA) is 189 Å². The van der Waals surface area contributed by atoms with Crippen LogP contribution in [0, 0.1) is 0 Å². The van der Waals surface area contributed by atoms with Gasteiger partial charge in [0.15, 0.2) is 6.10 Å². The van der Waals surface area contributed by atoms with Gasteiger partial charge >= 0.3 is 19.8 Å². The second-order valence-electron chi connectivity index (χ2n) is 16.1. The molecule has 0 fully saturated rings. The summed E-state index contributed by atoms with van der Waals surface area (Å²) >= 11 is 0. The Morgan fingerprint density at radius 3 is 1.18 bits per heavy atom. The Morgan fingerprint density at radius 1 is 0.474 bits per heavy atom. The molecular weight excluding hydrogens is 751 g/mol. The fourth-order valence-corrected chi connectivity index (χ4v) is 7.52. The highest BCUT2D eigenvalue weighted by Crippen LogP contribution is 2.43. The molecule has 0 saturated heterocycles. The Morgan fingerprint density at radius 2 is 0.807 bits per heavy atom. The highest BCUT2D eigenvalue weighted by Gasteiger charge is 2.30. The first-order chi connectivity index (χ1) is 27.6. The summed E-state index contributed by atoms with van der Waals surface area (Å²) < 4.78 is 33.0. The van der Waals surface area contributed by atoms with Crippen molar-refractivity contribution in [1.29, 1.82) is 0 Å². The minimum absolute atomic E-state index is 0.145. The van der Waals surface area contributed by atoms with E-state index in [0.29, 0.717) is 12.8 Å².